The number of unbranched alkanes of at least 4 members (excludes halogenated alkanes) is 2. The van der Waals surface area contributed by atoms with Crippen molar-refractivity contribution in [2.24, 2.45) is 0 Å². The number of methoxy groups -OCH3 is 1. The Morgan fingerprint density at radius 2 is 2.00 bits per heavy atom. The average Bonchev–Trinajstić information content (AvgIpc) is 2.22. The molecule has 0 radical (unpaired) electrons. The fourth-order valence-electron chi connectivity index (χ4n) is 1.19. The second-order valence-electron chi connectivity index (χ2n) is 3.39. The highest BCUT2D eigenvalue weighted by molar-refractivity contribution is 5.69. The molecule has 1 atom stereocenters. The lowest BCUT2D eigenvalue weighted by Crippen LogP contribution is -2.18. The Morgan fingerprint density at radius 3 is 2.50 bits per heavy atom. The largest absolute Gasteiger partial charge is 0.469 e. The maximum absolute atomic E-state index is 11.0. The number of carbonyl (C=O) groups excluding carboxylic acids is 1. The number of carbonyl (C=O) groups is 1. The molecular weight excluding hydrogens is 180 g/mol. The van der Waals surface area contributed by atoms with E-state index in [1.54, 1.807) is 0 Å². The molecule has 0 aromatic carbocycles. The summed E-state index contributed by atoms with van der Waals surface area (Å²) in [5.41, 5.74) is 0. The van der Waals surface area contributed by atoms with Crippen LogP contribution in [0.4, 0.5) is 0 Å². The Labute approximate surface area is 86.8 Å². The van der Waals surface area contributed by atoms with Crippen molar-refractivity contribution in [3.63, 3.8) is 0 Å². The predicted octanol–water partition coefficient (Wildman–Crippen LogP) is 2.53. The molecule has 84 valence electrons. The average molecular weight is 202 g/mol. The highest BCUT2D eigenvalue weighted by atomic mass is 16.5. The van der Waals surface area contributed by atoms with E-state index >= 15 is 0 Å². The van der Waals surface area contributed by atoms with Crippen LogP contribution in [0.1, 0.15) is 46.0 Å². The molecule has 0 rings (SSSR count). The fourth-order valence-corrected chi connectivity index (χ4v) is 1.19. The normalized spacial score (nSPS) is 12.5. The van der Waals surface area contributed by atoms with Crippen LogP contribution >= 0.6 is 0 Å². The quantitative estimate of drug-likeness (QED) is 0.448. The highest BCUT2D eigenvalue weighted by Gasteiger charge is 2.12. The van der Waals surface area contributed by atoms with Gasteiger partial charge in [0.1, 0.15) is 0 Å². The summed E-state index contributed by atoms with van der Waals surface area (Å²) in [5, 5.41) is 0. The van der Waals surface area contributed by atoms with Crippen LogP contribution in [-0.2, 0) is 14.3 Å². The molecule has 0 aliphatic heterocycles. The van der Waals surface area contributed by atoms with Gasteiger partial charge in [0, 0.05) is 6.61 Å². The maximum Gasteiger partial charge on any atom is 0.308 e. The summed E-state index contributed by atoms with van der Waals surface area (Å²) < 4.78 is 10.2. The molecule has 0 saturated carbocycles. The maximum atomic E-state index is 11.0. The van der Waals surface area contributed by atoms with Crippen molar-refractivity contribution in [1.29, 1.82) is 0 Å². The minimum atomic E-state index is -0.188. The molecule has 0 aromatic heterocycles. The van der Waals surface area contributed by atoms with Crippen molar-refractivity contribution in [3.8, 4) is 0 Å². The second-order valence-corrected chi connectivity index (χ2v) is 3.39. The Hall–Kier alpha value is -0.570. The molecular formula is C11H22O3. The van der Waals surface area contributed by atoms with E-state index in [1.807, 2.05) is 6.92 Å². The standard InChI is InChI=1S/C11H22O3/c1-4-6-7-8-14-10(5-2)9-11(12)13-3/h10H,4-9H2,1-3H3. The topological polar surface area (TPSA) is 35.5 Å². The smallest absolute Gasteiger partial charge is 0.308 e. The van der Waals surface area contributed by atoms with Crippen LogP contribution in [0.3, 0.4) is 0 Å². The van der Waals surface area contributed by atoms with E-state index in [0.717, 1.165) is 19.4 Å². The SMILES string of the molecule is CCCCCOC(CC)CC(=O)OC. The van der Waals surface area contributed by atoms with Crippen LogP contribution in [-0.4, -0.2) is 25.8 Å². The van der Waals surface area contributed by atoms with Crippen LogP contribution in [0.15, 0.2) is 0 Å². The Bertz CT molecular complexity index is 145. The lowest BCUT2D eigenvalue weighted by Gasteiger charge is -2.14. The van der Waals surface area contributed by atoms with Crippen molar-refractivity contribution in [2.45, 2.75) is 52.1 Å². The Balaban J connectivity index is 3.52. The van der Waals surface area contributed by atoms with Gasteiger partial charge in [-0.05, 0) is 12.8 Å². The summed E-state index contributed by atoms with van der Waals surface area (Å²) in [6.45, 7) is 4.93. The number of ether oxygens (including phenoxy) is 2. The van der Waals surface area contributed by atoms with Crippen molar-refractivity contribution in [1.82, 2.24) is 0 Å². The van der Waals surface area contributed by atoms with Crippen molar-refractivity contribution >= 4 is 5.97 Å². The zero-order valence-electron chi connectivity index (χ0n) is 9.54. The summed E-state index contributed by atoms with van der Waals surface area (Å²) in [7, 11) is 1.41. The van der Waals surface area contributed by atoms with Crippen LogP contribution in [0.2, 0.25) is 0 Å². The molecule has 0 aromatic rings. The van der Waals surface area contributed by atoms with Gasteiger partial charge in [-0.2, -0.15) is 0 Å². The van der Waals surface area contributed by atoms with E-state index in [1.165, 1.54) is 20.0 Å². The zero-order chi connectivity index (χ0) is 10.8. The van der Waals surface area contributed by atoms with E-state index in [4.69, 9.17) is 4.74 Å². The zero-order valence-corrected chi connectivity index (χ0v) is 9.54. The summed E-state index contributed by atoms with van der Waals surface area (Å²) in [6, 6.07) is 0. The van der Waals surface area contributed by atoms with Gasteiger partial charge in [0.25, 0.3) is 0 Å². The molecule has 0 aliphatic rings. The lowest BCUT2D eigenvalue weighted by atomic mass is 10.2. The molecule has 0 aliphatic carbocycles. The summed E-state index contributed by atoms with van der Waals surface area (Å²) >= 11 is 0. The number of hydrogen-bond donors (Lipinski definition) is 0. The third-order valence-electron chi connectivity index (χ3n) is 2.18. The third kappa shape index (κ3) is 6.89. The Kier molecular flexibility index (Phi) is 8.64. The first-order valence-electron chi connectivity index (χ1n) is 5.43. The molecule has 0 N–H and O–H groups in total. The van der Waals surface area contributed by atoms with E-state index in [2.05, 4.69) is 11.7 Å². The summed E-state index contributed by atoms with van der Waals surface area (Å²) in [6.07, 6.45) is 4.72. The van der Waals surface area contributed by atoms with Crippen LogP contribution in [0, 0.1) is 0 Å². The van der Waals surface area contributed by atoms with Crippen molar-refractivity contribution in [2.75, 3.05) is 13.7 Å². The number of rotatable bonds is 8. The monoisotopic (exact) mass is 202 g/mol. The van der Waals surface area contributed by atoms with Crippen LogP contribution in [0.25, 0.3) is 0 Å². The van der Waals surface area contributed by atoms with Gasteiger partial charge in [-0.15, -0.1) is 0 Å². The minimum Gasteiger partial charge on any atom is -0.469 e. The molecule has 0 amide bonds. The highest BCUT2D eigenvalue weighted by Crippen LogP contribution is 2.06. The van der Waals surface area contributed by atoms with Gasteiger partial charge in [0.05, 0.1) is 19.6 Å². The van der Waals surface area contributed by atoms with E-state index in [-0.39, 0.29) is 12.1 Å². The van der Waals surface area contributed by atoms with Gasteiger partial charge in [-0.25, -0.2) is 0 Å². The molecule has 3 heteroatoms. The predicted molar refractivity (Wildman–Crippen MR) is 56.2 cm³/mol. The van der Waals surface area contributed by atoms with Crippen molar-refractivity contribution in [3.05, 3.63) is 0 Å². The molecule has 0 saturated heterocycles. The molecule has 0 spiro atoms. The van der Waals surface area contributed by atoms with Crippen LogP contribution in [0.5, 0.6) is 0 Å². The Morgan fingerprint density at radius 1 is 1.29 bits per heavy atom. The first-order chi connectivity index (χ1) is 6.74. The molecule has 1 unspecified atom stereocenters. The first kappa shape index (κ1) is 13.4. The van der Waals surface area contributed by atoms with Crippen molar-refractivity contribution < 1.29 is 14.3 Å². The second kappa shape index (κ2) is 9.00. The van der Waals surface area contributed by atoms with E-state index in [9.17, 15) is 4.79 Å². The van der Waals surface area contributed by atoms with Gasteiger partial charge in [0.2, 0.25) is 0 Å². The number of hydrogen-bond acceptors (Lipinski definition) is 3. The molecule has 0 heterocycles. The summed E-state index contributed by atoms with van der Waals surface area (Å²) in [5.74, 6) is -0.188. The molecule has 14 heavy (non-hydrogen) atoms. The fraction of sp³-hybridized carbons (Fsp3) is 0.909. The van der Waals surface area contributed by atoms with Gasteiger partial charge in [-0.3, -0.25) is 4.79 Å². The van der Waals surface area contributed by atoms with Crippen LogP contribution < -0.4 is 0 Å². The molecule has 0 fully saturated rings. The van der Waals surface area contributed by atoms with Gasteiger partial charge in [-0.1, -0.05) is 26.7 Å². The van der Waals surface area contributed by atoms with E-state index < -0.39 is 0 Å². The molecule has 3 nitrogen and oxygen atoms in total. The molecule has 0 bridgehead atoms. The van der Waals surface area contributed by atoms with E-state index in [0.29, 0.717) is 6.42 Å². The lowest BCUT2D eigenvalue weighted by molar-refractivity contribution is -0.143. The first-order valence-corrected chi connectivity index (χ1v) is 5.43. The minimum absolute atomic E-state index is 0.0271. The van der Waals surface area contributed by atoms with Gasteiger partial charge >= 0.3 is 5.97 Å². The summed E-state index contributed by atoms with van der Waals surface area (Å²) in [4.78, 5) is 11.0. The number of esters is 1. The van der Waals surface area contributed by atoms with Gasteiger partial charge in [0.15, 0.2) is 0 Å². The van der Waals surface area contributed by atoms with Gasteiger partial charge < -0.3 is 9.47 Å². The third-order valence-corrected chi connectivity index (χ3v) is 2.18.